The molecule has 0 radical (unpaired) electrons. The van der Waals surface area contributed by atoms with Crippen LogP contribution in [0.4, 0.5) is 14.5 Å². The van der Waals surface area contributed by atoms with E-state index < -0.39 is 11.7 Å². The number of benzene rings is 1. The van der Waals surface area contributed by atoms with Gasteiger partial charge in [0.1, 0.15) is 29.6 Å². The maximum absolute atomic E-state index is 14.5. The molecule has 1 aliphatic carbocycles. The van der Waals surface area contributed by atoms with Crippen LogP contribution in [0.1, 0.15) is 24.7 Å². The maximum Gasteiger partial charge on any atom is 0.244 e. The molecule has 1 aromatic heterocycles. The highest BCUT2D eigenvalue weighted by molar-refractivity contribution is 6.33. The third-order valence-electron chi connectivity index (χ3n) is 6.30. The highest BCUT2D eigenvalue weighted by atomic mass is 35.5. The number of nitrogens with zero attached hydrogens (tertiary/aromatic N) is 4. The molecular weight excluding hydrogens is 497 g/mol. The maximum atomic E-state index is 14.5. The molecule has 1 amide bonds. The SMILES string of the molecule is COc1cc(N2CCN(C(=O)Cn3nc(C4=C(F)C=C(F)C=CC4)c(Cl)c3C)C(C)C2)ccc1Cl. The molecule has 1 fully saturated rings. The average molecular weight is 523 g/mol. The van der Waals surface area contributed by atoms with Gasteiger partial charge >= 0.3 is 0 Å². The zero-order chi connectivity index (χ0) is 25.3. The fraction of sp³-hybridized carbons (Fsp3) is 0.360. The fourth-order valence-electron chi connectivity index (χ4n) is 4.35. The van der Waals surface area contributed by atoms with Gasteiger partial charge in [-0.2, -0.15) is 5.10 Å². The number of methoxy groups -OCH3 is 1. The van der Waals surface area contributed by atoms with Crippen LogP contribution in [0.25, 0.3) is 5.57 Å². The summed E-state index contributed by atoms with van der Waals surface area (Å²) in [6, 6.07) is 5.57. The van der Waals surface area contributed by atoms with E-state index >= 15 is 0 Å². The number of halogens is 4. The minimum absolute atomic E-state index is 0.0282. The lowest BCUT2D eigenvalue weighted by Gasteiger charge is -2.41. The molecule has 4 rings (SSSR count). The lowest BCUT2D eigenvalue weighted by atomic mass is 10.1. The van der Waals surface area contributed by atoms with Crippen molar-refractivity contribution in [1.29, 1.82) is 0 Å². The Balaban J connectivity index is 1.48. The lowest BCUT2D eigenvalue weighted by molar-refractivity contribution is -0.134. The molecule has 1 saturated heterocycles. The van der Waals surface area contributed by atoms with E-state index in [2.05, 4.69) is 10.00 Å². The monoisotopic (exact) mass is 522 g/mol. The molecule has 186 valence electrons. The number of hydrogen-bond donors (Lipinski definition) is 0. The number of hydrogen-bond acceptors (Lipinski definition) is 4. The number of rotatable bonds is 5. The van der Waals surface area contributed by atoms with Crippen LogP contribution in [0.3, 0.4) is 0 Å². The Hall–Kier alpha value is -2.84. The summed E-state index contributed by atoms with van der Waals surface area (Å²) in [6.07, 6.45) is 3.68. The normalized spacial score (nSPS) is 18.6. The van der Waals surface area contributed by atoms with E-state index in [1.165, 1.54) is 16.8 Å². The molecule has 10 heteroatoms. The van der Waals surface area contributed by atoms with Crippen LogP contribution in [0.15, 0.2) is 48.1 Å². The summed E-state index contributed by atoms with van der Waals surface area (Å²) < 4.78 is 34.9. The molecule has 1 aromatic carbocycles. The molecule has 1 aliphatic heterocycles. The minimum atomic E-state index is -0.728. The average Bonchev–Trinajstić information content (AvgIpc) is 2.98. The van der Waals surface area contributed by atoms with Gasteiger partial charge in [0.25, 0.3) is 0 Å². The zero-order valence-corrected chi connectivity index (χ0v) is 21.2. The Morgan fingerprint density at radius 1 is 1.26 bits per heavy atom. The van der Waals surface area contributed by atoms with Crippen molar-refractivity contribution < 1.29 is 18.3 Å². The van der Waals surface area contributed by atoms with Gasteiger partial charge < -0.3 is 14.5 Å². The quantitative estimate of drug-likeness (QED) is 0.502. The Morgan fingerprint density at radius 2 is 2.03 bits per heavy atom. The van der Waals surface area contributed by atoms with Gasteiger partial charge in [0.15, 0.2) is 0 Å². The Morgan fingerprint density at radius 3 is 2.74 bits per heavy atom. The molecule has 0 spiro atoms. The predicted molar refractivity (Wildman–Crippen MR) is 134 cm³/mol. The number of anilines is 1. The van der Waals surface area contributed by atoms with Crippen LogP contribution in [-0.2, 0) is 11.3 Å². The molecule has 0 N–H and O–H groups in total. The van der Waals surface area contributed by atoms with Crippen LogP contribution < -0.4 is 9.64 Å². The van der Waals surface area contributed by atoms with E-state index in [1.807, 2.05) is 24.0 Å². The molecule has 35 heavy (non-hydrogen) atoms. The van der Waals surface area contributed by atoms with Gasteiger partial charge in [0.05, 0.1) is 22.8 Å². The van der Waals surface area contributed by atoms with Gasteiger partial charge in [-0.05, 0) is 38.5 Å². The van der Waals surface area contributed by atoms with E-state index in [0.717, 1.165) is 11.8 Å². The number of carbonyl (C=O) groups excluding carboxylic acids is 1. The Kier molecular flexibility index (Phi) is 7.52. The third kappa shape index (κ3) is 5.23. The highest BCUT2D eigenvalue weighted by Crippen LogP contribution is 2.34. The van der Waals surface area contributed by atoms with Crippen molar-refractivity contribution in [2.45, 2.75) is 32.9 Å². The molecule has 0 bridgehead atoms. The van der Waals surface area contributed by atoms with Crippen LogP contribution in [0.5, 0.6) is 5.75 Å². The van der Waals surface area contributed by atoms with Crippen molar-refractivity contribution in [2.24, 2.45) is 0 Å². The first-order valence-corrected chi connectivity index (χ1v) is 12.0. The first-order valence-electron chi connectivity index (χ1n) is 11.2. The molecule has 1 unspecified atom stereocenters. The second kappa shape index (κ2) is 10.4. The van der Waals surface area contributed by atoms with Crippen molar-refractivity contribution in [3.8, 4) is 5.75 Å². The van der Waals surface area contributed by atoms with E-state index in [1.54, 1.807) is 20.1 Å². The first-order chi connectivity index (χ1) is 16.7. The molecule has 6 nitrogen and oxygen atoms in total. The molecule has 1 atom stereocenters. The summed E-state index contributed by atoms with van der Waals surface area (Å²) in [5.74, 6) is -0.911. The number of carbonyl (C=O) groups is 1. The van der Waals surface area contributed by atoms with Crippen molar-refractivity contribution in [2.75, 3.05) is 31.6 Å². The van der Waals surface area contributed by atoms with Crippen LogP contribution in [0, 0.1) is 6.92 Å². The molecule has 2 aromatic rings. The molecular formula is C25H26Cl2F2N4O2. The summed E-state index contributed by atoms with van der Waals surface area (Å²) in [5.41, 5.74) is 1.93. The summed E-state index contributed by atoms with van der Waals surface area (Å²) in [4.78, 5) is 17.2. The predicted octanol–water partition coefficient (Wildman–Crippen LogP) is 5.74. The Labute approximate surface area is 213 Å². The van der Waals surface area contributed by atoms with Gasteiger partial charge in [-0.1, -0.05) is 29.3 Å². The number of aromatic nitrogens is 2. The fourth-order valence-corrected chi connectivity index (χ4v) is 4.79. The van der Waals surface area contributed by atoms with E-state index in [-0.39, 0.29) is 41.2 Å². The van der Waals surface area contributed by atoms with Crippen LogP contribution in [0.2, 0.25) is 10.0 Å². The van der Waals surface area contributed by atoms with Crippen molar-refractivity contribution >= 4 is 40.4 Å². The number of piperazine rings is 1. The van der Waals surface area contributed by atoms with E-state index in [4.69, 9.17) is 27.9 Å². The second-order valence-electron chi connectivity index (χ2n) is 8.57. The van der Waals surface area contributed by atoms with Crippen molar-refractivity contribution in [3.63, 3.8) is 0 Å². The van der Waals surface area contributed by atoms with Gasteiger partial charge in [-0.3, -0.25) is 9.48 Å². The summed E-state index contributed by atoms with van der Waals surface area (Å²) in [6.45, 7) is 5.50. The largest absolute Gasteiger partial charge is 0.495 e. The second-order valence-corrected chi connectivity index (χ2v) is 9.35. The standard InChI is InChI=1S/C25H26Cl2F2N4O2/c1-15-13-31(18-7-8-20(26)22(12-18)35-3)9-10-32(15)23(34)14-33-16(2)24(27)25(30-33)19-6-4-5-17(28)11-21(19)29/h4-5,7-8,11-12,15H,6,9-10,13-14H2,1-3H3. The van der Waals surface area contributed by atoms with Gasteiger partial charge in [0, 0.05) is 49.1 Å². The van der Waals surface area contributed by atoms with Gasteiger partial charge in [-0.15, -0.1) is 0 Å². The van der Waals surface area contributed by atoms with Gasteiger partial charge in [-0.25, -0.2) is 8.78 Å². The third-order valence-corrected chi connectivity index (χ3v) is 7.07. The van der Waals surface area contributed by atoms with Crippen molar-refractivity contribution in [1.82, 2.24) is 14.7 Å². The van der Waals surface area contributed by atoms with E-state index in [9.17, 15) is 13.6 Å². The topological polar surface area (TPSA) is 50.6 Å². The van der Waals surface area contributed by atoms with Gasteiger partial charge in [0.2, 0.25) is 5.91 Å². The zero-order valence-electron chi connectivity index (χ0n) is 19.7. The van der Waals surface area contributed by atoms with E-state index in [0.29, 0.717) is 36.1 Å². The number of amides is 1. The molecule has 2 heterocycles. The summed E-state index contributed by atoms with van der Waals surface area (Å²) >= 11 is 12.6. The molecule has 2 aliphatic rings. The minimum Gasteiger partial charge on any atom is -0.495 e. The van der Waals surface area contributed by atoms with Crippen LogP contribution in [-0.4, -0.2) is 53.4 Å². The molecule has 0 saturated carbocycles. The highest BCUT2D eigenvalue weighted by Gasteiger charge is 2.29. The lowest BCUT2D eigenvalue weighted by Crippen LogP contribution is -2.54. The Bertz CT molecular complexity index is 1240. The number of allylic oxidation sites excluding steroid dienone is 6. The summed E-state index contributed by atoms with van der Waals surface area (Å²) in [5, 5.41) is 5.21. The number of ether oxygens (including phenoxy) is 1. The first kappa shape index (κ1) is 25.3. The van der Waals surface area contributed by atoms with Crippen molar-refractivity contribution in [3.05, 3.63) is 69.5 Å². The van der Waals surface area contributed by atoms with Crippen LogP contribution >= 0.6 is 23.2 Å². The summed E-state index contributed by atoms with van der Waals surface area (Å²) in [7, 11) is 1.57. The smallest absolute Gasteiger partial charge is 0.244 e.